The van der Waals surface area contributed by atoms with E-state index in [1.807, 2.05) is 6.20 Å². The minimum atomic E-state index is 0.459. The van der Waals surface area contributed by atoms with E-state index in [1.54, 1.807) is 0 Å². The summed E-state index contributed by atoms with van der Waals surface area (Å²) in [6, 6.07) is 4.69. The molecule has 2 fully saturated rings. The summed E-state index contributed by atoms with van der Waals surface area (Å²) in [5.41, 5.74) is 1.20. The summed E-state index contributed by atoms with van der Waals surface area (Å²) in [7, 11) is 0. The van der Waals surface area contributed by atoms with E-state index in [1.165, 1.54) is 18.4 Å². The Balaban J connectivity index is 1.54. The van der Waals surface area contributed by atoms with Gasteiger partial charge in [-0.05, 0) is 44.4 Å². The van der Waals surface area contributed by atoms with Gasteiger partial charge in [-0.2, -0.15) is 0 Å². The zero-order valence-electron chi connectivity index (χ0n) is 16.8. The van der Waals surface area contributed by atoms with Gasteiger partial charge in [0.15, 0.2) is 5.96 Å². The molecule has 7 heteroatoms. The first kappa shape index (κ1) is 19.9. The fourth-order valence-electron chi connectivity index (χ4n) is 3.58. The van der Waals surface area contributed by atoms with Crippen LogP contribution in [-0.4, -0.2) is 74.4 Å². The van der Waals surface area contributed by atoms with Crippen LogP contribution in [0.4, 0.5) is 5.82 Å². The summed E-state index contributed by atoms with van der Waals surface area (Å²) in [4.78, 5) is 14.1. The van der Waals surface area contributed by atoms with Gasteiger partial charge >= 0.3 is 0 Å². The van der Waals surface area contributed by atoms with Crippen molar-refractivity contribution in [3.63, 3.8) is 0 Å². The lowest BCUT2D eigenvalue weighted by atomic mass is 10.2. The summed E-state index contributed by atoms with van der Waals surface area (Å²) >= 11 is 0. The largest absolute Gasteiger partial charge is 0.379 e. The van der Waals surface area contributed by atoms with E-state index in [-0.39, 0.29) is 0 Å². The van der Waals surface area contributed by atoms with Crippen molar-refractivity contribution < 1.29 is 4.74 Å². The zero-order valence-corrected chi connectivity index (χ0v) is 16.8. The van der Waals surface area contributed by atoms with Crippen LogP contribution in [0.3, 0.4) is 0 Å². The van der Waals surface area contributed by atoms with E-state index in [0.717, 1.165) is 64.3 Å². The standard InChI is InChI=1S/C20H34N6O/c1-3-21-20(23-15-17(2)25-10-12-27-13-11-25)24-16-18-6-7-22-19(14-18)26-8-4-5-9-26/h6-7,14,17H,3-5,8-13,15-16H2,1-2H3,(H2,21,23,24). The third-order valence-electron chi connectivity index (χ3n) is 5.24. The van der Waals surface area contributed by atoms with E-state index in [2.05, 4.69) is 51.4 Å². The van der Waals surface area contributed by atoms with Gasteiger partial charge in [0, 0.05) is 51.5 Å². The Morgan fingerprint density at radius 2 is 2.00 bits per heavy atom. The molecule has 7 nitrogen and oxygen atoms in total. The number of anilines is 1. The Morgan fingerprint density at radius 1 is 1.22 bits per heavy atom. The molecule has 0 aliphatic carbocycles. The van der Waals surface area contributed by atoms with Crippen LogP contribution in [-0.2, 0) is 11.3 Å². The molecule has 0 saturated carbocycles. The highest BCUT2D eigenvalue weighted by Crippen LogP contribution is 2.18. The number of ether oxygens (including phenoxy) is 1. The van der Waals surface area contributed by atoms with Crippen molar-refractivity contribution in [2.45, 2.75) is 39.3 Å². The lowest BCUT2D eigenvalue weighted by molar-refractivity contribution is 0.0211. The van der Waals surface area contributed by atoms with Gasteiger partial charge in [-0.15, -0.1) is 0 Å². The highest BCUT2D eigenvalue weighted by atomic mass is 16.5. The summed E-state index contributed by atoms with van der Waals surface area (Å²) < 4.78 is 5.44. The Morgan fingerprint density at radius 3 is 2.74 bits per heavy atom. The summed E-state index contributed by atoms with van der Waals surface area (Å²) in [5.74, 6) is 1.95. The average Bonchev–Trinajstić information content (AvgIpc) is 3.26. The summed E-state index contributed by atoms with van der Waals surface area (Å²) in [6.45, 7) is 12.7. The van der Waals surface area contributed by atoms with Crippen LogP contribution in [0.25, 0.3) is 0 Å². The molecule has 150 valence electrons. The Bertz CT molecular complexity index is 596. The molecule has 3 heterocycles. The van der Waals surface area contributed by atoms with Crippen molar-refractivity contribution in [1.29, 1.82) is 0 Å². The molecule has 2 saturated heterocycles. The fraction of sp³-hybridized carbons (Fsp3) is 0.700. The third-order valence-corrected chi connectivity index (χ3v) is 5.24. The quantitative estimate of drug-likeness (QED) is 0.556. The van der Waals surface area contributed by atoms with Crippen molar-refractivity contribution in [2.75, 3.05) is 57.4 Å². The SMILES string of the molecule is CCNC(=NCc1ccnc(N2CCCC2)c1)NCC(C)N1CCOCC1. The maximum atomic E-state index is 5.44. The summed E-state index contributed by atoms with van der Waals surface area (Å²) in [5, 5.41) is 6.84. The topological polar surface area (TPSA) is 65.0 Å². The number of nitrogens with zero attached hydrogens (tertiary/aromatic N) is 4. The summed E-state index contributed by atoms with van der Waals surface area (Å²) in [6.07, 6.45) is 4.43. The molecule has 1 aromatic rings. The van der Waals surface area contributed by atoms with Crippen molar-refractivity contribution in [1.82, 2.24) is 20.5 Å². The number of hydrogen-bond acceptors (Lipinski definition) is 5. The molecule has 1 unspecified atom stereocenters. The highest BCUT2D eigenvalue weighted by molar-refractivity contribution is 5.79. The van der Waals surface area contributed by atoms with Crippen LogP contribution in [0.15, 0.2) is 23.3 Å². The smallest absolute Gasteiger partial charge is 0.191 e. The van der Waals surface area contributed by atoms with E-state index in [0.29, 0.717) is 12.6 Å². The lowest BCUT2D eigenvalue weighted by Gasteiger charge is -2.32. The van der Waals surface area contributed by atoms with E-state index < -0.39 is 0 Å². The Kier molecular flexibility index (Phi) is 7.71. The van der Waals surface area contributed by atoms with Gasteiger partial charge in [0.25, 0.3) is 0 Å². The minimum Gasteiger partial charge on any atom is -0.379 e. The van der Waals surface area contributed by atoms with E-state index >= 15 is 0 Å². The Labute approximate surface area is 163 Å². The molecule has 1 aromatic heterocycles. The van der Waals surface area contributed by atoms with Gasteiger partial charge < -0.3 is 20.3 Å². The molecule has 0 spiro atoms. The molecule has 0 aromatic carbocycles. The first-order valence-corrected chi connectivity index (χ1v) is 10.3. The normalized spacial score (nSPS) is 19.9. The number of guanidine groups is 1. The molecular formula is C20H34N6O. The first-order valence-electron chi connectivity index (χ1n) is 10.3. The number of morpholine rings is 1. The van der Waals surface area contributed by atoms with Crippen LogP contribution >= 0.6 is 0 Å². The number of pyridine rings is 1. The van der Waals surface area contributed by atoms with Crippen LogP contribution in [0, 0.1) is 0 Å². The van der Waals surface area contributed by atoms with Gasteiger partial charge in [-0.3, -0.25) is 4.90 Å². The second-order valence-corrected chi connectivity index (χ2v) is 7.29. The molecule has 2 aliphatic rings. The third kappa shape index (κ3) is 6.07. The zero-order chi connectivity index (χ0) is 18.9. The van der Waals surface area contributed by atoms with Gasteiger partial charge in [0.05, 0.1) is 19.8 Å². The first-order chi connectivity index (χ1) is 13.3. The highest BCUT2D eigenvalue weighted by Gasteiger charge is 2.17. The number of rotatable bonds is 7. The maximum absolute atomic E-state index is 5.44. The van der Waals surface area contributed by atoms with Crippen molar-refractivity contribution >= 4 is 11.8 Å². The van der Waals surface area contributed by atoms with Crippen molar-refractivity contribution in [2.24, 2.45) is 4.99 Å². The number of hydrogen-bond donors (Lipinski definition) is 2. The second kappa shape index (κ2) is 10.5. The monoisotopic (exact) mass is 374 g/mol. The molecule has 0 bridgehead atoms. The molecule has 2 N–H and O–H groups in total. The molecule has 3 rings (SSSR count). The predicted molar refractivity (Wildman–Crippen MR) is 110 cm³/mol. The van der Waals surface area contributed by atoms with E-state index in [4.69, 9.17) is 9.73 Å². The number of aliphatic imine (C=N–C) groups is 1. The molecule has 27 heavy (non-hydrogen) atoms. The molecule has 2 aliphatic heterocycles. The van der Waals surface area contributed by atoms with Gasteiger partial charge in [-0.25, -0.2) is 9.98 Å². The van der Waals surface area contributed by atoms with Gasteiger partial charge in [0.2, 0.25) is 0 Å². The molecule has 1 atom stereocenters. The molecule has 0 amide bonds. The van der Waals surface area contributed by atoms with Crippen molar-refractivity contribution in [3.8, 4) is 0 Å². The fourth-order valence-corrected chi connectivity index (χ4v) is 3.58. The number of aromatic nitrogens is 1. The maximum Gasteiger partial charge on any atom is 0.191 e. The van der Waals surface area contributed by atoms with E-state index in [9.17, 15) is 0 Å². The van der Waals surface area contributed by atoms with Crippen LogP contribution in [0.5, 0.6) is 0 Å². The van der Waals surface area contributed by atoms with Crippen LogP contribution < -0.4 is 15.5 Å². The van der Waals surface area contributed by atoms with Crippen LogP contribution in [0.1, 0.15) is 32.3 Å². The number of nitrogens with one attached hydrogen (secondary N) is 2. The lowest BCUT2D eigenvalue weighted by Crippen LogP contribution is -2.49. The van der Waals surface area contributed by atoms with Gasteiger partial charge in [0.1, 0.15) is 5.82 Å². The average molecular weight is 375 g/mol. The Hall–Kier alpha value is -1.86. The van der Waals surface area contributed by atoms with Gasteiger partial charge in [-0.1, -0.05) is 0 Å². The van der Waals surface area contributed by atoms with Crippen molar-refractivity contribution in [3.05, 3.63) is 23.9 Å². The predicted octanol–water partition coefficient (Wildman–Crippen LogP) is 1.46. The molecule has 0 radical (unpaired) electrons. The molecular weight excluding hydrogens is 340 g/mol. The van der Waals surface area contributed by atoms with Crippen LogP contribution in [0.2, 0.25) is 0 Å². The second-order valence-electron chi connectivity index (χ2n) is 7.29. The minimum absolute atomic E-state index is 0.459.